The van der Waals surface area contributed by atoms with Crippen molar-refractivity contribution < 1.29 is 9.53 Å². The zero-order valence-corrected chi connectivity index (χ0v) is 10.2. The maximum atomic E-state index is 11.7. The third-order valence-corrected chi connectivity index (χ3v) is 2.74. The average Bonchev–Trinajstić information content (AvgIpc) is 2.30. The van der Waals surface area contributed by atoms with E-state index in [9.17, 15) is 4.79 Å². The molecule has 0 bridgehead atoms. The monoisotopic (exact) mass is 229 g/mol. The molecule has 0 unspecified atom stereocenters. The number of carbonyl (C=O) groups is 1. The quantitative estimate of drug-likeness (QED) is 0.625. The van der Waals surface area contributed by atoms with Crippen LogP contribution >= 0.6 is 0 Å². The van der Waals surface area contributed by atoms with Crippen LogP contribution in [0.4, 0.5) is 0 Å². The normalized spacial score (nSPS) is 17.8. The average molecular weight is 229 g/mol. The maximum absolute atomic E-state index is 11.7. The molecule has 94 valence electrons. The number of rotatable bonds is 6. The Balaban J connectivity index is 2.17. The Morgan fingerprint density at radius 1 is 1.31 bits per heavy atom. The van der Waals surface area contributed by atoms with Gasteiger partial charge in [-0.15, -0.1) is 0 Å². The summed E-state index contributed by atoms with van der Waals surface area (Å²) in [6, 6.07) is 0. The highest BCUT2D eigenvalue weighted by Gasteiger charge is 2.20. The van der Waals surface area contributed by atoms with Gasteiger partial charge in [0.05, 0.1) is 0 Å². The molecule has 1 fully saturated rings. The van der Waals surface area contributed by atoms with E-state index in [4.69, 9.17) is 10.5 Å². The predicted molar refractivity (Wildman–Crippen MR) is 63.2 cm³/mol. The van der Waals surface area contributed by atoms with Crippen LogP contribution in [0.1, 0.15) is 13.3 Å². The zero-order chi connectivity index (χ0) is 11.8. The van der Waals surface area contributed by atoms with Crippen LogP contribution in [0.2, 0.25) is 0 Å². The number of carbonyl (C=O) groups excluding carboxylic acids is 1. The molecule has 1 aliphatic heterocycles. The lowest BCUT2D eigenvalue weighted by Crippen LogP contribution is -2.50. The van der Waals surface area contributed by atoms with E-state index in [-0.39, 0.29) is 12.5 Å². The molecule has 1 rings (SSSR count). The number of hydrogen-bond acceptors (Lipinski definition) is 4. The van der Waals surface area contributed by atoms with Crippen molar-refractivity contribution in [3.8, 4) is 0 Å². The Kier molecular flexibility index (Phi) is 6.37. The first-order valence-corrected chi connectivity index (χ1v) is 6.06. The highest BCUT2D eigenvalue weighted by atomic mass is 16.5. The summed E-state index contributed by atoms with van der Waals surface area (Å²) in [5.74, 6) is 0.112. The molecule has 0 radical (unpaired) electrons. The number of hydrogen-bond donors (Lipinski definition) is 1. The minimum absolute atomic E-state index is 0.112. The van der Waals surface area contributed by atoms with E-state index < -0.39 is 0 Å². The molecule has 0 spiro atoms. The summed E-state index contributed by atoms with van der Waals surface area (Å²) in [5.41, 5.74) is 5.49. The Labute approximate surface area is 97.5 Å². The Bertz CT molecular complexity index is 203. The van der Waals surface area contributed by atoms with Crippen LogP contribution in [0.3, 0.4) is 0 Å². The van der Waals surface area contributed by atoms with Crippen LogP contribution in [0.5, 0.6) is 0 Å². The number of nitrogens with two attached hydrogens (primary N) is 1. The van der Waals surface area contributed by atoms with Gasteiger partial charge < -0.3 is 15.4 Å². The van der Waals surface area contributed by atoms with Gasteiger partial charge in [-0.25, -0.2) is 0 Å². The van der Waals surface area contributed by atoms with Crippen molar-refractivity contribution in [1.29, 1.82) is 0 Å². The molecule has 5 nitrogen and oxygen atoms in total. The molecule has 0 aromatic rings. The van der Waals surface area contributed by atoms with E-state index in [2.05, 4.69) is 4.90 Å². The molecule has 1 saturated heterocycles. The van der Waals surface area contributed by atoms with Crippen LogP contribution in [0.25, 0.3) is 0 Å². The summed E-state index contributed by atoms with van der Waals surface area (Å²) in [7, 11) is 0. The molecule has 1 heterocycles. The van der Waals surface area contributed by atoms with Crippen molar-refractivity contribution in [2.24, 2.45) is 5.73 Å². The zero-order valence-electron chi connectivity index (χ0n) is 10.2. The van der Waals surface area contributed by atoms with E-state index in [0.29, 0.717) is 13.2 Å². The van der Waals surface area contributed by atoms with Crippen molar-refractivity contribution in [2.75, 3.05) is 52.5 Å². The summed E-state index contributed by atoms with van der Waals surface area (Å²) < 4.78 is 5.25. The lowest BCUT2D eigenvalue weighted by molar-refractivity contribution is -0.137. The summed E-state index contributed by atoms with van der Waals surface area (Å²) in [5, 5.41) is 0. The van der Waals surface area contributed by atoms with E-state index in [1.54, 1.807) is 0 Å². The van der Waals surface area contributed by atoms with Gasteiger partial charge in [0.15, 0.2) is 0 Å². The smallest absolute Gasteiger partial charge is 0.248 e. The summed E-state index contributed by atoms with van der Waals surface area (Å²) >= 11 is 0. The summed E-state index contributed by atoms with van der Waals surface area (Å²) in [6.45, 7) is 8.00. The van der Waals surface area contributed by atoms with Gasteiger partial charge in [0.2, 0.25) is 5.91 Å². The van der Waals surface area contributed by atoms with Crippen molar-refractivity contribution in [3.63, 3.8) is 0 Å². The minimum Gasteiger partial charge on any atom is -0.372 e. The third-order valence-electron chi connectivity index (χ3n) is 2.74. The highest BCUT2D eigenvalue weighted by Crippen LogP contribution is 2.01. The van der Waals surface area contributed by atoms with Gasteiger partial charge in [0.1, 0.15) is 6.61 Å². The molecule has 2 N–H and O–H groups in total. The Morgan fingerprint density at radius 3 is 2.56 bits per heavy atom. The first-order valence-electron chi connectivity index (χ1n) is 6.06. The van der Waals surface area contributed by atoms with Crippen LogP contribution < -0.4 is 5.73 Å². The van der Waals surface area contributed by atoms with Crippen LogP contribution in [-0.4, -0.2) is 68.2 Å². The maximum Gasteiger partial charge on any atom is 0.248 e. The summed E-state index contributed by atoms with van der Waals surface area (Å²) in [6.07, 6.45) is 0.956. The fourth-order valence-electron chi connectivity index (χ4n) is 1.80. The molecule has 5 heteroatoms. The second-order valence-corrected chi connectivity index (χ2v) is 4.06. The van der Waals surface area contributed by atoms with Gasteiger partial charge in [0, 0.05) is 45.9 Å². The topological polar surface area (TPSA) is 58.8 Å². The largest absolute Gasteiger partial charge is 0.372 e. The number of piperazine rings is 1. The molecule has 1 aliphatic rings. The molecule has 0 atom stereocenters. The third kappa shape index (κ3) is 4.47. The summed E-state index contributed by atoms with van der Waals surface area (Å²) in [4.78, 5) is 15.9. The second kappa shape index (κ2) is 7.60. The lowest BCUT2D eigenvalue weighted by Gasteiger charge is -2.34. The van der Waals surface area contributed by atoms with Crippen molar-refractivity contribution >= 4 is 5.91 Å². The second-order valence-electron chi connectivity index (χ2n) is 4.06. The fourth-order valence-corrected chi connectivity index (χ4v) is 1.80. The van der Waals surface area contributed by atoms with E-state index in [1.807, 2.05) is 11.8 Å². The van der Waals surface area contributed by atoms with Gasteiger partial charge >= 0.3 is 0 Å². The van der Waals surface area contributed by atoms with Crippen molar-refractivity contribution in [3.05, 3.63) is 0 Å². The number of ether oxygens (including phenoxy) is 1. The first-order chi connectivity index (χ1) is 7.77. The van der Waals surface area contributed by atoms with Gasteiger partial charge in [0.25, 0.3) is 0 Å². The van der Waals surface area contributed by atoms with Gasteiger partial charge in [-0.05, 0) is 6.42 Å². The molecule has 0 saturated carbocycles. The number of nitrogens with zero attached hydrogens (tertiary/aromatic N) is 2. The molecule has 16 heavy (non-hydrogen) atoms. The highest BCUT2D eigenvalue weighted by molar-refractivity contribution is 5.77. The van der Waals surface area contributed by atoms with E-state index in [1.165, 1.54) is 0 Å². The SMILES string of the molecule is CCCOCC(=O)N1CCN(CCN)CC1. The Morgan fingerprint density at radius 2 is 2.00 bits per heavy atom. The van der Waals surface area contributed by atoms with Gasteiger partial charge in [-0.3, -0.25) is 9.69 Å². The van der Waals surface area contributed by atoms with Crippen molar-refractivity contribution in [1.82, 2.24) is 9.80 Å². The molecule has 0 aromatic carbocycles. The van der Waals surface area contributed by atoms with Crippen LogP contribution in [-0.2, 0) is 9.53 Å². The van der Waals surface area contributed by atoms with Gasteiger partial charge in [-0.1, -0.05) is 6.92 Å². The molecule has 1 amide bonds. The number of amides is 1. The van der Waals surface area contributed by atoms with E-state index >= 15 is 0 Å². The Hall–Kier alpha value is -0.650. The first kappa shape index (κ1) is 13.4. The van der Waals surface area contributed by atoms with E-state index in [0.717, 1.165) is 39.1 Å². The molecule has 0 aromatic heterocycles. The predicted octanol–water partition coefficient (Wildman–Crippen LogP) is -0.484. The van der Waals surface area contributed by atoms with Crippen molar-refractivity contribution in [2.45, 2.75) is 13.3 Å². The molecular formula is C11H23N3O2. The van der Waals surface area contributed by atoms with Gasteiger partial charge in [-0.2, -0.15) is 0 Å². The lowest BCUT2D eigenvalue weighted by atomic mass is 10.3. The molecular weight excluding hydrogens is 206 g/mol. The fraction of sp³-hybridized carbons (Fsp3) is 0.909. The van der Waals surface area contributed by atoms with Crippen LogP contribution in [0, 0.1) is 0 Å². The molecule has 0 aliphatic carbocycles. The minimum atomic E-state index is 0.112. The standard InChI is InChI=1S/C11H23N3O2/c1-2-9-16-10-11(15)14-7-5-13(4-3-12)6-8-14/h2-10,12H2,1H3. The van der Waals surface area contributed by atoms with Crippen LogP contribution in [0.15, 0.2) is 0 Å².